The predicted octanol–water partition coefficient (Wildman–Crippen LogP) is 3.94. The van der Waals surface area contributed by atoms with Crippen LogP contribution in [-0.4, -0.2) is 13.7 Å². The number of unbranched alkanes of at least 4 members (excludes halogenated alkanes) is 1. The van der Waals surface area contributed by atoms with Gasteiger partial charge in [0.2, 0.25) is 0 Å². The first-order valence-electron chi connectivity index (χ1n) is 7.39. The van der Waals surface area contributed by atoms with Crippen molar-refractivity contribution in [3.8, 4) is 5.75 Å². The third kappa shape index (κ3) is 2.75. The summed E-state index contributed by atoms with van der Waals surface area (Å²) in [5, 5.41) is 4.07. The van der Waals surface area contributed by atoms with Gasteiger partial charge in [-0.25, -0.2) is 4.79 Å². The minimum atomic E-state index is -0.278. The Hall–Kier alpha value is -1.97. The van der Waals surface area contributed by atoms with Crippen molar-refractivity contribution in [3.05, 3.63) is 33.2 Å². The van der Waals surface area contributed by atoms with Crippen LogP contribution in [0.5, 0.6) is 5.75 Å². The zero-order chi connectivity index (χ0) is 15.6. The average Bonchev–Trinajstić information content (AvgIpc) is 2.47. The normalized spacial score (nSPS) is 10.9. The number of hydrogen-bond acceptors (Lipinski definition) is 4. The molecule has 0 saturated heterocycles. The standard InChI is InChI=1S/C17H23NO3/c1-6-7-8-20-16-13(18-5)9-10(2)15-14(16)11(3)12(4)17(19)21-15/h9,18H,6-8H2,1-5H3. The van der Waals surface area contributed by atoms with Crippen molar-refractivity contribution in [3.63, 3.8) is 0 Å². The highest BCUT2D eigenvalue weighted by Gasteiger charge is 2.18. The van der Waals surface area contributed by atoms with E-state index in [1.807, 2.05) is 27.0 Å². The lowest BCUT2D eigenvalue weighted by Gasteiger charge is -2.17. The molecule has 0 radical (unpaired) electrons. The Morgan fingerprint density at radius 3 is 2.57 bits per heavy atom. The minimum Gasteiger partial charge on any atom is -0.491 e. The maximum atomic E-state index is 11.9. The first-order chi connectivity index (χ1) is 10.0. The molecule has 0 bridgehead atoms. The fourth-order valence-corrected chi connectivity index (χ4v) is 2.42. The number of benzene rings is 1. The largest absolute Gasteiger partial charge is 0.491 e. The van der Waals surface area contributed by atoms with Crippen LogP contribution >= 0.6 is 0 Å². The average molecular weight is 289 g/mol. The van der Waals surface area contributed by atoms with Crippen LogP contribution in [0.1, 0.15) is 36.5 Å². The highest BCUT2D eigenvalue weighted by Crippen LogP contribution is 2.38. The molecule has 1 aromatic heterocycles. The molecule has 1 N–H and O–H groups in total. The minimum absolute atomic E-state index is 0.278. The van der Waals surface area contributed by atoms with Gasteiger partial charge < -0.3 is 14.5 Å². The Balaban J connectivity index is 2.76. The molecule has 0 fully saturated rings. The Kier molecular flexibility index (Phi) is 4.56. The number of ether oxygens (including phenoxy) is 1. The van der Waals surface area contributed by atoms with E-state index in [1.54, 1.807) is 6.92 Å². The van der Waals surface area contributed by atoms with Crippen molar-refractivity contribution in [1.29, 1.82) is 0 Å². The molecule has 0 spiro atoms. The zero-order valence-corrected chi connectivity index (χ0v) is 13.4. The Labute approximate surface area is 125 Å². The summed E-state index contributed by atoms with van der Waals surface area (Å²) in [5.74, 6) is 0.774. The molecule has 1 heterocycles. The molecule has 0 aliphatic carbocycles. The van der Waals surface area contributed by atoms with Gasteiger partial charge in [0.1, 0.15) is 5.58 Å². The van der Waals surface area contributed by atoms with Crippen LogP contribution in [0.2, 0.25) is 0 Å². The molecule has 4 nitrogen and oxygen atoms in total. The van der Waals surface area contributed by atoms with E-state index in [2.05, 4.69) is 12.2 Å². The van der Waals surface area contributed by atoms with E-state index in [9.17, 15) is 4.79 Å². The number of aryl methyl sites for hydroxylation is 2. The van der Waals surface area contributed by atoms with Crippen molar-refractivity contribution < 1.29 is 9.15 Å². The molecule has 1 aromatic carbocycles. The molecule has 0 aliphatic heterocycles. The van der Waals surface area contributed by atoms with Gasteiger partial charge in [0.15, 0.2) is 5.75 Å². The summed E-state index contributed by atoms with van der Waals surface area (Å²) in [6.07, 6.45) is 2.07. The monoisotopic (exact) mass is 289 g/mol. The molecule has 0 atom stereocenters. The second-order valence-corrected chi connectivity index (χ2v) is 5.37. The molecule has 21 heavy (non-hydrogen) atoms. The van der Waals surface area contributed by atoms with Crippen molar-refractivity contribution in [2.45, 2.75) is 40.5 Å². The van der Waals surface area contributed by atoms with E-state index < -0.39 is 0 Å². The van der Waals surface area contributed by atoms with Gasteiger partial charge in [-0.1, -0.05) is 13.3 Å². The van der Waals surface area contributed by atoms with Gasteiger partial charge in [0.25, 0.3) is 0 Å². The van der Waals surface area contributed by atoms with Gasteiger partial charge >= 0.3 is 5.63 Å². The van der Waals surface area contributed by atoms with Crippen LogP contribution in [0.15, 0.2) is 15.3 Å². The zero-order valence-electron chi connectivity index (χ0n) is 13.4. The van der Waals surface area contributed by atoms with Crippen LogP contribution in [-0.2, 0) is 0 Å². The van der Waals surface area contributed by atoms with Crippen LogP contribution in [0.4, 0.5) is 5.69 Å². The number of hydrogen-bond donors (Lipinski definition) is 1. The molecular formula is C17H23NO3. The summed E-state index contributed by atoms with van der Waals surface area (Å²) < 4.78 is 11.5. The maximum Gasteiger partial charge on any atom is 0.339 e. The van der Waals surface area contributed by atoms with Crippen molar-refractivity contribution >= 4 is 16.7 Å². The molecule has 0 aliphatic rings. The Morgan fingerprint density at radius 1 is 1.24 bits per heavy atom. The van der Waals surface area contributed by atoms with E-state index in [-0.39, 0.29) is 5.63 Å². The molecule has 2 rings (SSSR count). The predicted molar refractivity (Wildman–Crippen MR) is 86.6 cm³/mol. The molecule has 2 aromatic rings. The van der Waals surface area contributed by atoms with Crippen molar-refractivity contribution in [1.82, 2.24) is 0 Å². The fraction of sp³-hybridized carbons (Fsp3) is 0.471. The fourth-order valence-electron chi connectivity index (χ4n) is 2.42. The van der Waals surface area contributed by atoms with Crippen LogP contribution in [0.25, 0.3) is 11.0 Å². The second-order valence-electron chi connectivity index (χ2n) is 5.37. The lowest BCUT2D eigenvalue weighted by molar-refractivity contribution is 0.314. The summed E-state index contributed by atoms with van der Waals surface area (Å²) in [6, 6.07) is 1.96. The first-order valence-corrected chi connectivity index (χ1v) is 7.39. The number of rotatable bonds is 5. The second kappa shape index (κ2) is 6.20. The van der Waals surface area contributed by atoms with Gasteiger partial charge in [0, 0.05) is 12.6 Å². The molecule has 0 unspecified atom stereocenters. The third-order valence-electron chi connectivity index (χ3n) is 3.87. The number of nitrogens with one attached hydrogen (secondary N) is 1. The number of anilines is 1. The summed E-state index contributed by atoms with van der Waals surface area (Å²) in [7, 11) is 1.87. The van der Waals surface area contributed by atoms with Gasteiger partial charge in [-0.15, -0.1) is 0 Å². The van der Waals surface area contributed by atoms with Gasteiger partial charge in [0.05, 0.1) is 17.7 Å². The molecule has 0 amide bonds. The van der Waals surface area contributed by atoms with Crippen LogP contribution in [0, 0.1) is 20.8 Å². The van der Waals surface area contributed by atoms with E-state index >= 15 is 0 Å². The molecular weight excluding hydrogens is 266 g/mol. The first kappa shape index (κ1) is 15.4. The topological polar surface area (TPSA) is 51.5 Å². The molecule has 114 valence electrons. The van der Waals surface area contributed by atoms with Gasteiger partial charge in [-0.3, -0.25) is 0 Å². The summed E-state index contributed by atoms with van der Waals surface area (Å²) in [6.45, 7) is 8.46. The van der Waals surface area contributed by atoms with E-state index in [0.29, 0.717) is 17.8 Å². The summed E-state index contributed by atoms with van der Waals surface area (Å²) in [4.78, 5) is 11.9. The van der Waals surface area contributed by atoms with E-state index in [4.69, 9.17) is 9.15 Å². The quantitative estimate of drug-likeness (QED) is 0.669. The molecule has 0 saturated carbocycles. The Bertz CT molecular complexity index is 716. The molecule has 4 heteroatoms. The van der Waals surface area contributed by atoms with E-state index in [1.165, 1.54) is 0 Å². The summed E-state index contributed by atoms with van der Waals surface area (Å²) in [5.41, 5.74) is 3.75. The third-order valence-corrected chi connectivity index (χ3v) is 3.87. The van der Waals surface area contributed by atoms with Gasteiger partial charge in [-0.05, 0) is 44.4 Å². The SMILES string of the molecule is CCCCOc1c(NC)cc(C)c2oc(=O)c(C)c(C)c12. The van der Waals surface area contributed by atoms with Crippen LogP contribution < -0.4 is 15.7 Å². The van der Waals surface area contributed by atoms with Crippen molar-refractivity contribution in [2.75, 3.05) is 19.0 Å². The maximum absolute atomic E-state index is 11.9. The lowest BCUT2D eigenvalue weighted by Crippen LogP contribution is -2.09. The summed E-state index contributed by atoms with van der Waals surface area (Å²) >= 11 is 0. The van der Waals surface area contributed by atoms with Crippen LogP contribution in [0.3, 0.4) is 0 Å². The van der Waals surface area contributed by atoms with Gasteiger partial charge in [-0.2, -0.15) is 0 Å². The smallest absolute Gasteiger partial charge is 0.339 e. The highest BCUT2D eigenvalue weighted by molar-refractivity contribution is 5.95. The highest BCUT2D eigenvalue weighted by atomic mass is 16.5. The lowest BCUT2D eigenvalue weighted by atomic mass is 10.0. The van der Waals surface area contributed by atoms with E-state index in [0.717, 1.165) is 40.8 Å². The van der Waals surface area contributed by atoms with Crippen molar-refractivity contribution in [2.24, 2.45) is 0 Å². The Morgan fingerprint density at radius 2 is 1.95 bits per heavy atom. The number of fused-ring (bicyclic) bond motifs is 1.